The lowest BCUT2D eigenvalue weighted by atomic mass is 9.97. The van der Waals surface area contributed by atoms with Crippen molar-refractivity contribution in [3.05, 3.63) is 28.8 Å². The Labute approximate surface area is 153 Å². The number of carbonyl (C=O) groups excluding carboxylic acids is 2. The van der Waals surface area contributed by atoms with Crippen LogP contribution in [-0.2, 0) is 19.4 Å². The van der Waals surface area contributed by atoms with E-state index >= 15 is 0 Å². The van der Waals surface area contributed by atoms with Gasteiger partial charge in [0.1, 0.15) is 0 Å². The molecule has 0 saturated carbocycles. The first-order valence-corrected chi connectivity index (χ1v) is 10.4. The van der Waals surface area contributed by atoms with Crippen LogP contribution in [0.15, 0.2) is 23.1 Å². The number of likely N-dealkylation sites (tertiary alicyclic amines) is 1. The lowest BCUT2D eigenvalue weighted by Gasteiger charge is -2.38. The summed E-state index contributed by atoms with van der Waals surface area (Å²) in [6.45, 7) is 3.55. The van der Waals surface area contributed by atoms with E-state index in [9.17, 15) is 18.0 Å². The van der Waals surface area contributed by atoms with Gasteiger partial charge in [-0.3, -0.25) is 4.79 Å². The molecule has 25 heavy (non-hydrogen) atoms. The highest BCUT2D eigenvalue weighted by atomic mass is 35.5. The Morgan fingerprint density at radius 2 is 1.84 bits per heavy atom. The van der Waals surface area contributed by atoms with Gasteiger partial charge in [-0.25, -0.2) is 13.2 Å². The van der Waals surface area contributed by atoms with Crippen LogP contribution in [-0.4, -0.2) is 50.1 Å². The molecule has 0 N–H and O–H groups in total. The summed E-state index contributed by atoms with van der Waals surface area (Å²) < 4.78 is 28.3. The number of hydrogen-bond donors (Lipinski definition) is 0. The Kier molecular flexibility index (Phi) is 6.11. The van der Waals surface area contributed by atoms with Gasteiger partial charge >= 0.3 is 5.97 Å². The van der Waals surface area contributed by atoms with Crippen LogP contribution >= 0.6 is 11.6 Å². The molecule has 138 valence electrons. The van der Waals surface area contributed by atoms with E-state index in [1.165, 1.54) is 12.1 Å². The van der Waals surface area contributed by atoms with Crippen molar-refractivity contribution in [3.63, 3.8) is 0 Å². The predicted molar refractivity (Wildman–Crippen MR) is 94.5 cm³/mol. The standard InChI is InChI=1S/C17H22ClNO5S/c1-11-5-4-6-12(2)19(11)16(20)10-24-17(21)14-9-13(25(3,22)23)7-8-15(14)18/h7-9,11-12H,4-6,10H2,1-3H3. The number of benzene rings is 1. The van der Waals surface area contributed by atoms with Gasteiger partial charge in [0.15, 0.2) is 16.4 Å². The fourth-order valence-corrected chi connectivity index (χ4v) is 3.93. The summed E-state index contributed by atoms with van der Waals surface area (Å²) >= 11 is 5.96. The van der Waals surface area contributed by atoms with Crippen molar-refractivity contribution >= 4 is 33.3 Å². The van der Waals surface area contributed by atoms with Crippen LogP contribution < -0.4 is 0 Å². The first kappa shape index (κ1) is 19.7. The van der Waals surface area contributed by atoms with Gasteiger partial charge in [-0.05, 0) is 51.3 Å². The summed E-state index contributed by atoms with van der Waals surface area (Å²) in [4.78, 5) is 26.3. The van der Waals surface area contributed by atoms with Crippen molar-refractivity contribution in [1.82, 2.24) is 4.90 Å². The number of piperidine rings is 1. The van der Waals surface area contributed by atoms with E-state index in [2.05, 4.69) is 0 Å². The molecule has 1 aromatic rings. The second-order valence-electron chi connectivity index (χ2n) is 6.42. The molecule has 0 spiro atoms. The number of sulfone groups is 1. The molecular formula is C17H22ClNO5S. The number of halogens is 1. The zero-order chi connectivity index (χ0) is 18.8. The minimum absolute atomic E-state index is 0.0338. The molecule has 1 aliphatic rings. The molecule has 2 unspecified atom stereocenters. The van der Waals surface area contributed by atoms with Gasteiger partial charge in [0.05, 0.1) is 15.5 Å². The van der Waals surface area contributed by atoms with E-state index in [1.54, 1.807) is 4.90 Å². The largest absolute Gasteiger partial charge is 0.452 e. The average Bonchev–Trinajstić information content (AvgIpc) is 2.51. The van der Waals surface area contributed by atoms with Crippen LogP contribution in [0.2, 0.25) is 5.02 Å². The summed E-state index contributed by atoms with van der Waals surface area (Å²) in [6, 6.07) is 4.01. The zero-order valence-electron chi connectivity index (χ0n) is 14.5. The molecule has 1 saturated heterocycles. The van der Waals surface area contributed by atoms with Gasteiger partial charge in [-0.2, -0.15) is 0 Å². The Morgan fingerprint density at radius 1 is 1.24 bits per heavy atom. The SMILES string of the molecule is CC1CCCC(C)N1C(=O)COC(=O)c1cc(S(C)(=O)=O)ccc1Cl. The summed E-state index contributed by atoms with van der Waals surface area (Å²) in [5, 5.41) is 0.0737. The second kappa shape index (κ2) is 7.74. The summed E-state index contributed by atoms with van der Waals surface area (Å²) in [6.07, 6.45) is 3.95. The summed E-state index contributed by atoms with van der Waals surface area (Å²) in [5.41, 5.74) is -0.0721. The number of nitrogens with zero attached hydrogens (tertiary/aromatic N) is 1. The van der Waals surface area contributed by atoms with Crippen molar-refractivity contribution in [2.75, 3.05) is 12.9 Å². The van der Waals surface area contributed by atoms with E-state index in [1.807, 2.05) is 13.8 Å². The normalized spacial score (nSPS) is 21.0. The van der Waals surface area contributed by atoms with Gasteiger partial charge in [-0.1, -0.05) is 11.6 Å². The Bertz CT molecular complexity index is 767. The summed E-state index contributed by atoms with van der Waals surface area (Å²) in [5.74, 6) is -1.08. The van der Waals surface area contributed by atoms with E-state index < -0.39 is 22.4 Å². The number of hydrogen-bond acceptors (Lipinski definition) is 5. The number of carbonyl (C=O) groups is 2. The fourth-order valence-electron chi connectivity index (χ4n) is 3.08. The number of ether oxygens (including phenoxy) is 1. The molecule has 0 radical (unpaired) electrons. The molecule has 2 rings (SSSR count). The first-order chi connectivity index (χ1) is 11.6. The van der Waals surface area contributed by atoms with Gasteiger partial charge in [0.2, 0.25) is 0 Å². The molecule has 0 aliphatic carbocycles. The van der Waals surface area contributed by atoms with Crippen LogP contribution in [0.25, 0.3) is 0 Å². The number of amides is 1. The van der Waals surface area contributed by atoms with Gasteiger partial charge in [0, 0.05) is 18.3 Å². The molecular weight excluding hydrogens is 366 g/mol. The highest BCUT2D eigenvalue weighted by Gasteiger charge is 2.29. The van der Waals surface area contributed by atoms with E-state index in [0.29, 0.717) is 0 Å². The van der Waals surface area contributed by atoms with E-state index in [4.69, 9.17) is 16.3 Å². The minimum atomic E-state index is -3.48. The molecule has 2 atom stereocenters. The Hall–Kier alpha value is -1.60. The van der Waals surface area contributed by atoms with Crippen molar-refractivity contribution in [2.24, 2.45) is 0 Å². The van der Waals surface area contributed by atoms with Crippen LogP contribution in [0, 0.1) is 0 Å². The smallest absolute Gasteiger partial charge is 0.340 e. The quantitative estimate of drug-likeness (QED) is 0.742. The maximum Gasteiger partial charge on any atom is 0.340 e. The second-order valence-corrected chi connectivity index (χ2v) is 8.84. The van der Waals surface area contributed by atoms with Crippen LogP contribution in [0.4, 0.5) is 0 Å². The monoisotopic (exact) mass is 387 g/mol. The van der Waals surface area contributed by atoms with Gasteiger partial charge in [-0.15, -0.1) is 0 Å². The number of esters is 1. The molecule has 8 heteroatoms. The van der Waals surface area contributed by atoms with E-state index in [-0.39, 0.29) is 33.5 Å². The highest BCUT2D eigenvalue weighted by Crippen LogP contribution is 2.24. The van der Waals surface area contributed by atoms with Crippen molar-refractivity contribution in [3.8, 4) is 0 Å². The average molecular weight is 388 g/mol. The predicted octanol–water partition coefficient (Wildman–Crippen LogP) is 2.69. The zero-order valence-corrected chi connectivity index (χ0v) is 16.1. The molecule has 0 aromatic heterocycles. The molecule has 0 bridgehead atoms. The molecule has 1 aliphatic heterocycles. The molecule has 1 aromatic carbocycles. The van der Waals surface area contributed by atoms with Gasteiger partial charge < -0.3 is 9.64 Å². The van der Waals surface area contributed by atoms with Crippen molar-refractivity contribution in [2.45, 2.75) is 50.1 Å². The highest BCUT2D eigenvalue weighted by molar-refractivity contribution is 7.90. The third kappa shape index (κ3) is 4.73. The fraction of sp³-hybridized carbons (Fsp3) is 0.529. The minimum Gasteiger partial charge on any atom is -0.452 e. The van der Waals surface area contributed by atoms with Gasteiger partial charge in [0.25, 0.3) is 5.91 Å². The lowest BCUT2D eigenvalue weighted by molar-refractivity contribution is -0.140. The molecule has 1 fully saturated rings. The summed E-state index contributed by atoms with van der Waals surface area (Å²) in [7, 11) is -3.48. The maximum absolute atomic E-state index is 12.4. The number of rotatable bonds is 4. The van der Waals surface area contributed by atoms with Crippen LogP contribution in [0.3, 0.4) is 0 Å². The maximum atomic E-state index is 12.4. The molecule has 1 heterocycles. The van der Waals surface area contributed by atoms with Crippen LogP contribution in [0.1, 0.15) is 43.5 Å². The molecule has 6 nitrogen and oxygen atoms in total. The molecule has 1 amide bonds. The van der Waals surface area contributed by atoms with Crippen LogP contribution in [0.5, 0.6) is 0 Å². The third-order valence-corrected chi connectivity index (χ3v) is 5.83. The van der Waals surface area contributed by atoms with Crippen molar-refractivity contribution in [1.29, 1.82) is 0 Å². The van der Waals surface area contributed by atoms with E-state index in [0.717, 1.165) is 31.6 Å². The lowest BCUT2D eigenvalue weighted by Crippen LogP contribution is -2.49. The topological polar surface area (TPSA) is 80.8 Å². The third-order valence-electron chi connectivity index (χ3n) is 4.39. The Morgan fingerprint density at radius 3 is 2.40 bits per heavy atom. The first-order valence-electron chi connectivity index (χ1n) is 8.09. The van der Waals surface area contributed by atoms with Crippen molar-refractivity contribution < 1.29 is 22.7 Å². The Balaban J connectivity index is 2.09.